The van der Waals surface area contributed by atoms with E-state index in [4.69, 9.17) is 0 Å². The molecule has 0 aromatic carbocycles. The first-order valence-corrected chi connectivity index (χ1v) is 7.51. The number of allylic oxidation sites excluding steroid dienone is 1. The molecule has 2 aliphatic rings. The predicted octanol–water partition coefficient (Wildman–Crippen LogP) is 3.46. The van der Waals surface area contributed by atoms with Gasteiger partial charge in [0.05, 0.1) is 0 Å². The van der Waals surface area contributed by atoms with Crippen LogP contribution in [0.3, 0.4) is 0 Å². The van der Waals surface area contributed by atoms with Crippen LogP contribution in [0.4, 0.5) is 0 Å². The molecule has 2 aliphatic carbocycles. The molecule has 2 rings (SSSR count). The number of hydrogen-bond donors (Lipinski definition) is 2. The van der Waals surface area contributed by atoms with Crippen LogP contribution >= 0.6 is 24.0 Å². The highest BCUT2D eigenvalue weighted by molar-refractivity contribution is 14.0. The normalized spacial score (nSPS) is 19.4. The molecule has 0 unspecified atom stereocenters. The van der Waals surface area contributed by atoms with E-state index in [-0.39, 0.29) is 24.0 Å². The first-order valence-electron chi connectivity index (χ1n) is 7.51. The predicted molar refractivity (Wildman–Crippen MR) is 93.3 cm³/mol. The molecule has 0 aromatic rings. The van der Waals surface area contributed by atoms with E-state index in [0.29, 0.717) is 0 Å². The molecule has 110 valence electrons. The molecule has 4 heteroatoms. The quantitative estimate of drug-likeness (QED) is 0.322. The maximum absolute atomic E-state index is 4.26. The summed E-state index contributed by atoms with van der Waals surface area (Å²) in [6.45, 7) is 2.07. The first kappa shape index (κ1) is 16.8. The Balaban J connectivity index is 0.00000180. The summed E-state index contributed by atoms with van der Waals surface area (Å²) in [6.07, 6.45) is 13.1. The van der Waals surface area contributed by atoms with Gasteiger partial charge in [0.2, 0.25) is 0 Å². The van der Waals surface area contributed by atoms with Crippen LogP contribution in [0.15, 0.2) is 16.6 Å². The molecular weight excluding hydrogens is 349 g/mol. The standard InChI is InChI=1S/C15H27N3.HI/c1-16-15(18-12-10-14-7-8-14)17-11-9-13-5-3-2-4-6-13;/h5,14H,2-4,6-12H2,1H3,(H2,16,17,18);1H. The zero-order chi connectivity index (χ0) is 12.6. The number of hydrogen-bond acceptors (Lipinski definition) is 1. The minimum atomic E-state index is 0. The SMILES string of the molecule is CN=C(NCCC1=CCCCC1)NCCC1CC1.I. The molecule has 0 heterocycles. The highest BCUT2D eigenvalue weighted by Gasteiger charge is 2.20. The van der Waals surface area contributed by atoms with Gasteiger partial charge in [-0.2, -0.15) is 0 Å². The molecule has 0 bridgehead atoms. The van der Waals surface area contributed by atoms with Crippen molar-refractivity contribution in [2.75, 3.05) is 20.1 Å². The summed E-state index contributed by atoms with van der Waals surface area (Å²) in [5.41, 5.74) is 1.63. The van der Waals surface area contributed by atoms with E-state index in [1.54, 1.807) is 5.57 Å². The van der Waals surface area contributed by atoms with Crippen LogP contribution < -0.4 is 10.6 Å². The molecule has 0 aromatic heterocycles. The fourth-order valence-corrected chi connectivity index (χ4v) is 2.50. The van der Waals surface area contributed by atoms with Crippen LogP contribution in [0.1, 0.15) is 51.4 Å². The third kappa shape index (κ3) is 7.18. The molecule has 0 spiro atoms. The Hall–Kier alpha value is -0.260. The number of aliphatic imine (C=N–C) groups is 1. The zero-order valence-corrected chi connectivity index (χ0v) is 14.4. The molecular formula is C15H28IN3. The lowest BCUT2D eigenvalue weighted by atomic mass is 9.97. The number of guanidine groups is 1. The Morgan fingerprint density at radius 1 is 1.26 bits per heavy atom. The van der Waals surface area contributed by atoms with E-state index < -0.39 is 0 Å². The van der Waals surface area contributed by atoms with Crippen LogP contribution in [0, 0.1) is 5.92 Å². The van der Waals surface area contributed by atoms with Crippen LogP contribution in [0.5, 0.6) is 0 Å². The van der Waals surface area contributed by atoms with Gasteiger partial charge < -0.3 is 10.6 Å². The lowest BCUT2D eigenvalue weighted by Gasteiger charge is -2.15. The van der Waals surface area contributed by atoms with Gasteiger partial charge in [-0.15, -0.1) is 24.0 Å². The molecule has 1 saturated carbocycles. The van der Waals surface area contributed by atoms with Crippen molar-refractivity contribution in [2.24, 2.45) is 10.9 Å². The average Bonchev–Trinajstić information content (AvgIpc) is 3.22. The van der Waals surface area contributed by atoms with Crippen molar-refractivity contribution < 1.29 is 0 Å². The number of nitrogens with one attached hydrogen (secondary N) is 2. The Morgan fingerprint density at radius 2 is 2.05 bits per heavy atom. The minimum Gasteiger partial charge on any atom is -0.356 e. The molecule has 0 atom stereocenters. The van der Waals surface area contributed by atoms with Crippen molar-refractivity contribution in [3.63, 3.8) is 0 Å². The van der Waals surface area contributed by atoms with Crippen LogP contribution in [-0.4, -0.2) is 26.1 Å². The van der Waals surface area contributed by atoms with E-state index >= 15 is 0 Å². The van der Waals surface area contributed by atoms with Gasteiger partial charge >= 0.3 is 0 Å². The summed E-state index contributed by atoms with van der Waals surface area (Å²) in [6, 6.07) is 0. The van der Waals surface area contributed by atoms with Gasteiger partial charge in [-0.1, -0.05) is 24.5 Å². The van der Waals surface area contributed by atoms with E-state index in [2.05, 4.69) is 21.7 Å². The maximum Gasteiger partial charge on any atom is 0.190 e. The molecule has 2 N–H and O–H groups in total. The molecule has 3 nitrogen and oxygen atoms in total. The van der Waals surface area contributed by atoms with Gasteiger partial charge in [-0.05, 0) is 44.4 Å². The Morgan fingerprint density at radius 3 is 2.68 bits per heavy atom. The van der Waals surface area contributed by atoms with Crippen molar-refractivity contribution >= 4 is 29.9 Å². The van der Waals surface area contributed by atoms with Crippen molar-refractivity contribution in [2.45, 2.75) is 51.4 Å². The van der Waals surface area contributed by atoms with Gasteiger partial charge in [-0.25, -0.2) is 0 Å². The summed E-state index contributed by atoms with van der Waals surface area (Å²) >= 11 is 0. The Bertz CT molecular complexity index is 309. The fraction of sp³-hybridized carbons (Fsp3) is 0.800. The van der Waals surface area contributed by atoms with E-state index in [1.165, 1.54) is 51.4 Å². The molecule has 1 fully saturated rings. The second-order valence-electron chi connectivity index (χ2n) is 5.52. The molecule has 0 saturated heterocycles. The highest BCUT2D eigenvalue weighted by atomic mass is 127. The second-order valence-corrected chi connectivity index (χ2v) is 5.52. The summed E-state index contributed by atoms with van der Waals surface area (Å²) in [7, 11) is 1.85. The maximum atomic E-state index is 4.26. The topological polar surface area (TPSA) is 36.4 Å². The largest absolute Gasteiger partial charge is 0.356 e. The summed E-state index contributed by atoms with van der Waals surface area (Å²) in [5.74, 6) is 1.95. The van der Waals surface area contributed by atoms with Gasteiger partial charge in [0, 0.05) is 20.1 Å². The van der Waals surface area contributed by atoms with Crippen molar-refractivity contribution in [3.05, 3.63) is 11.6 Å². The lowest BCUT2D eigenvalue weighted by molar-refractivity contribution is 0.658. The van der Waals surface area contributed by atoms with Gasteiger partial charge in [0.25, 0.3) is 0 Å². The lowest BCUT2D eigenvalue weighted by Crippen LogP contribution is -2.38. The number of nitrogens with zero attached hydrogens (tertiary/aromatic N) is 1. The van der Waals surface area contributed by atoms with Crippen molar-refractivity contribution in [1.29, 1.82) is 0 Å². The molecule has 0 amide bonds. The second kappa shape index (κ2) is 9.61. The monoisotopic (exact) mass is 377 g/mol. The molecule has 19 heavy (non-hydrogen) atoms. The van der Waals surface area contributed by atoms with E-state index in [1.807, 2.05) is 7.05 Å². The average molecular weight is 377 g/mol. The summed E-state index contributed by atoms with van der Waals surface area (Å²) in [5, 5.41) is 6.81. The minimum absolute atomic E-state index is 0. The van der Waals surface area contributed by atoms with Crippen LogP contribution in [0.25, 0.3) is 0 Å². The molecule has 0 radical (unpaired) electrons. The Kier molecular flexibility index (Phi) is 8.50. The third-order valence-corrected chi connectivity index (χ3v) is 3.89. The van der Waals surface area contributed by atoms with E-state index in [9.17, 15) is 0 Å². The van der Waals surface area contributed by atoms with Crippen molar-refractivity contribution in [1.82, 2.24) is 10.6 Å². The van der Waals surface area contributed by atoms with Gasteiger partial charge in [0.1, 0.15) is 0 Å². The van der Waals surface area contributed by atoms with Crippen LogP contribution in [0.2, 0.25) is 0 Å². The Labute approximate surface area is 134 Å². The first-order chi connectivity index (χ1) is 8.88. The van der Waals surface area contributed by atoms with Crippen LogP contribution in [-0.2, 0) is 0 Å². The van der Waals surface area contributed by atoms with Crippen molar-refractivity contribution in [3.8, 4) is 0 Å². The smallest absolute Gasteiger partial charge is 0.190 e. The summed E-state index contributed by atoms with van der Waals surface area (Å²) in [4.78, 5) is 4.26. The highest BCUT2D eigenvalue weighted by Crippen LogP contribution is 2.31. The van der Waals surface area contributed by atoms with Gasteiger partial charge in [-0.3, -0.25) is 4.99 Å². The number of rotatable bonds is 6. The molecule has 0 aliphatic heterocycles. The fourth-order valence-electron chi connectivity index (χ4n) is 2.50. The van der Waals surface area contributed by atoms with E-state index in [0.717, 1.165) is 25.0 Å². The zero-order valence-electron chi connectivity index (χ0n) is 12.1. The third-order valence-electron chi connectivity index (χ3n) is 3.89. The summed E-state index contributed by atoms with van der Waals surface area (Å²) < 4.78 is 0. The van der Waals surface area contributed by atoms with Gasteiger partial charge in [0.15, 0.2) is 5.96 Å². The number of halogens is 1.